The van der Waals surface area contributed by atoms with Crippen molar-refractivity contribution in [2.75, 3.05) is 171 Å². The second kappa shape index (κ2) is 36.0. The Morgan fingerprint density at radius 2 is 0.762 bits per heavy atom. The van der Waals surface area contributed by atoms with Crippen LogP contribution in [0.5, 0.6) is 0 Å². The Hall–Kier alpha value is -5.49. The molecule has 362 valence electrons. The van der Waals surface area contributed by atoms with Crippen LogP contribution in [0.4, 0.5) is 9.59 Å². The summed E-state index contributed by atoms with van der Waals surface area (Å²) in [7, 11) is 1.46. The lowest BCUT2D eigenvalue weighted by Gasteiger charge is -2.30. The number of hydrogen-bond donors (Lipinski definition) is 8. The van der Waals surface area contributed by atoms with Gasteiger partial charge in [-0.05, 0) is 0 Å². The number of urea groups is 2. The van der Waals surface area contributed by atoms with Gasteiger partial charge in [0.25, 0.3) is 0 Å². The summed E-state index contributed by atoms with van der Waals surface area (Å²) < 4.78 is 31.6. The Morgan fingerprint density at radius 3 is 1.17 bits per heavy atom. The molecule has 8 N–H and O–H groups in total. The molecule has 28 heteroatoms. The lowest BCUT2D eigenvalue weighted by atomic mass is 10.4. The zero-order chi connectivity index (χ0) is 47.4. The van der Waals surface area contributed by atoms with Gasteiger partial charge < -0.3 is 84.4 Å². The quantitative estimate of drug-likeness (QED) is 0.0269. The van der Waals surface area contributed by atoms with Crippen LogP contribution in [0, 0.1) is 0 Å². The number of rotatable bonds is 41. The van der Waals surface area contributed by atoms with Crippen molar-refractivity contribution in [3.05, 3.63) is 0 Å². The normalized spacial score (nSPS) is 11.0. The van der Waals surface area contributed by atoms with Crippen molar-refractivity contribution >= 4 is 53.8 Å². The van der Waals surface area contributed by atoms with Crippen LogP contribution in [0.2, 0.25) is 0 Å². The smallest absolute Gasteiger partial charge is 0.323 e. The molecule has 0 heterocycles. The number of nitrogens with one attached hydrogen (secondary N) is 2. The third-order valence-corrected chi connectivity index (χ3v) is 7.80. The van der Waals surface area contributed by atoms with E-state index in [1.165, 1.54) is 7.11 Å². The molecule has 0 aromatic heterocycles. The molecular formula is C35H61N7O21. The molecule has 5 amide bonds. The summed E-state index contributed by atoms with van der Waals surface area (Å²) in [6.07, 6.45) is 0. The zero-order valence-electron chi connectivity index (χ0n) is 35.2. The lowest BCUT2D eigenvalue weighted by Crippen LogP contribution is -2.52. The maximum absolute atomic E-state index is 13.7. The van der Waals surface area contributed by atoms with Gasteiger partial charge in [0.05, 0.1) is 92.2 Å². The van der Waals surface area contributed by atoms with E-state index >= 15 is 0 Å². The molecule has 0 radical (unpaired) electrons. The third-order valence-electron chi connectivity index (χ3n) is 7.80. The molecule has 0 saturated heterocycles. The van der Waals surface area contributed by atoms with E-state index < -0.39 is 93.1 Å². The zero-order valence-corrected chi connectivity index (χ0v) is 35.2. The number of carboxylic acids is 6. The van der Waals surface area contributed by atoms with Crippen molar-refractivity contribution < 1.29 is 102 Å². The van der Waals surface area contributed by atoms with E-state index in [1.54, 1.807) is 0 Å². The van der Waals surface area contributed by atoms with Crippen molar-refractivity contribution in [2.24, 2.45) is 0 Å². The third kappa shape index (κ3) is 33.8. The first-order valence-corrected chi connectivity index (χ1v) is 19.4. The average Bonchev–Trinajstić information content (AvgIpc) is 3.18. The topological polar surface area (TPSA) is 371 Å². The molecule has 0 aromatic carbocycles. The van der Waals surface area contributed by atoms with Gasteiger partial charge in [0.2, 0.25) is 5.91 Å². The second-order valence-corrected chi connectivity index (χ2v) is 13.0. The van der Waals surface area contributed by atoms with Gasteiger partial charge in [-0.2, -0.15) is 0 Å². The number of carbonyl (C=O) groups excluding carboxylic acids is 3. The van der Waals surface area contributed by atoms with Crippen LogP contribution in [0.25, 0.3) is 0 Å². The van der Waals surface area contributed by atoms with E-state index in [4.69, 9.17) is 48.8 Å². The number of methoxy groups -OCH3 is 1. The molecule has 0 aliphatic rings. The van der Waals surface area contributed by atoms with Gasteiger partial charge in [-0.25, -0.2) is 9.59 Å². The van der Waals surface area contributed by atoms with E-state index in [0.717, 1.165) is 24.5 Å². The number of hydrogen-bond acceptors (Lipinski definition) is 17. The molecule has 0 bridgehead atoms. The molecule has 0 fully saturated rings. The van der Waals surface area contributed by atoms with Crippen molar-refractivity contribution in [3.63, 3.8) is 0 Å². The summed E-state index contributed by atoms with van der Waals surface area (Å²) in [5.41, 5.74) is 0. The predicted molar refractivity (Wildman–Crippen MR) is 211 cm³/mol. The molecule has 63 heavy (non-hydrogen) atoms. The van der Waals surface area contributed by atoms with Gasteiger partial charge >= 0.3 is 47.9 Å². The first-order chi connectivity index (χ1) is 29.9. The minimum Gasteiger partial charge on any atom is -0.480 e. The molecule has 0 atom stereocenters. The highest BCUT2D eigenvalue weighted by Crippen LogP contribution is 2.02. The van der Waals surface area contributed by atoms with Gasteiger partial charge in [0, 0.05) is 59.5 Å². The molecule has 0 rings (SSSR count). The van der Waals surface area contributed by atoms with E-state index in [0.29, 0.717) is 0 Å². The maximum Gasteiger partial charge on any atom is 0.323 e. The largest absolute Gasteiger partial charge is 0.480 e. The van der Waals surface area contributed by atoms with Gasteiger partial charge in [0.15, 0.2) is 0 Å². The minimum absolute atomic E-state index is 0.00288. The highest BCUT2D eigenvalue weighted by molar-refractivity contribution is 5.81. The fourth-order valence-corrected chi connectivity index (χ4v) is 5.00. The second-order valence-electron chi connectivity index (χ2n) is 13.0. The van der Waals surface area contributed by atoms with Crippen LogP contribution >= 0.6 is 0 Å². The number of aliphatic carboxylic acids is 6. The first kappa shape index (κ1) is 57.5. The summed E-state index contributed by atoms with van der Waals surface area (Å²) in [5.74, 6) is -8.04. The molecule has 0 aromatic rings. The Labute approximate surface area is 362 Å². The van der Waals surface area contributed by atoms with E-state index in [2.05, 4.69) is 10.6 Å². The fourth-order valence-electron chi connectivity index (χ4n) is 5.00. The van der Waals surface area contributed by atoms with E-state index in [-0.39, 0.29) is 125 Å². The number of ether oxygens (including phenoxy) is 6. The minimum atomic E-state index is -1.36. The van der Waals surface area contributed by atoms with Crippen LogP contribution in [0.3, 0.4) is 0 Å². The Balaban J connectivity index is 5.31. The summed E-state index contributed by atoms with van der Waals surface area (Å²) in [6.45, 7) is -4.71. The maximum atomic E-state index is 13.7. The van der Waals surface area contributed by atoms with Crippen molar-refractivity contribution in [3.8, 4) is 0 Å². The van der Waals surface area contributed by atoms with Crippen molar-refractivity contribution in [2.45, 2.75) is 0 Å². The van der Waals surface area contributed by atoms with Crippen molar-refractivity contribution in [1.29, 1.82) is 0 Å². The fraction of sp³-hybridized carbons (Fsp3) is 0.743. The molecule has 28 nitrogen and oxygen atoms in total. The lowest BCUT2D eigenvalue weighted by molar-refractivity contribution is -0.144. The summed E-state index contributed by atoms with van der Waals surface area (Å²) in [4.78, 5) is 111. The number of carbonyl (C=O) groups is 9. The molecule has 0 spiro atoms. The van der Waals surface area contributed by atoms with Gasteiger partial charge in [-0.3, -0.25) is 43.4 Å². The monoisotopic (exact) mass is 915 g/mol. The van der Waals surface area contributed by atoms with Crippen LogP contribution in [0.15, 0.2) is 0 Å². The van der Waals surface area contributed by atoms with Crippen molar-refractivity contribution in [1.82, 2.24) is 35.1 Å². The standard InChI is InChI=1S/C35H61N7O21/c1-58-14-15-63-26-27(43)36-2-4-40(35(57)42(25-33(54)55)9-13-62-19-17-60-11-7-39(22-30(48)49)23-31(50)51)5-3-37-34(56)41(24-32(52)53)8-12-61-18-16-59-10-6-38(20-28(44)45)21-29(46)47/h2-26H2,1H3,(H,36,43)(H,37,56)(H,44,45)(H,46,47)(H,48,49)(H,50,51)(H,52,53)(H,54,55). The number of carboxylic acid groups (broad SMARTS) is 6. The molecule has 0 aliphatic heterocycles. The molecular weight excluding hydrogens is 854 g/mol. The molecule has 0 unspecified atom stereocenters. The van der Waals surface area contributed by atoms with Gasteiger partial charge in [-0.15, -0.1) is 0 Å². The van der Waals surface area contributed by atoms with Crippen LogP contribution in [-0.2, 0) is 62.0 Å². The number of nitrogens with zero attached hydrogens (tertiary/aromatic N) is 5. The highest BCUT2D eigenvalue weighted by atomic mass is 16.5. The Morgan fingerprint density at radius 1 is 0.397 bits per heavy atom. The van der Waals surface area contributed by atoms with Crippen LogP contribution in [0.1, 0.15) is 0 Å². The molecule has 0 saturated carbocycles. The number of amides is 5. The SMILES string of the molecule is COCCOCC(=O)NCCN(CCNC(=O)N(CCOCCOCCN(CC(=O)O)CC(=O)O)CC(=O)O)C(=O)N(CCOCCOCCN(CC(=O)O)CC(=O)O)CC(=O)O. The van der Waals surface area contributed by atoms with Crippen LogP contribution < -0.4 is 10.6 Å². The highest BCUT2D eigenvalue weighted by Gasteiger charge is 2.24. The summed E-state index contributed by atoms with van der Waals surface area (Å²) in [6, 6.07) is -1.64. The summed E-state index contributed by atoms with van der Waals surface area (Å²) >= 11 is 0. The predicted octanol–water partition coefficient (Wildman–Crippen LogP) is -4.32. The van der Waals surface area contributed by atoms with Gasteiger partial charge in [0.1, 0.15) is 19.7 Å². The molecule has 0 aliphatic carbocycles. The van der Waals surface area contributed by atoms with E-state index in [1.807, 2.05) is 0 Å². The Bertz CT molecular complexity index is 1380. The Kier molecular flexibility index (Phi) is 32.9. The average molecular weight is 916 g/mol. The van der Waals surface area contributed by atoms with Crippen LogP contribution in [-0.4, -0.2) is 280 Å². The van der Waals surface area contributed by atoms with E-state index in [9.17, 15) is 53.4 Å². The summed E-state index contributed by atoms with van der Waals surface area (Å²) in [5, 5.41) is 59.7. The first-order valence-electron chi connectivity index (χ1n) is 19.4. The van der Waals surface area contributed by atoms with Gasteiger partial charge in [-0.1, -0.05) is 0 Å².